The fraction of sp³-hybridized carbons (Fsp3) is 0.474. The average Bonchev–Trinajstić information content (AvgIpc) is 3.13. The first-order chi connectivity index (χ1) is 12.3. The molecule has 2 rings (SSSR count). The Morgan fingerprint density at radius 1 is 1.23 bits per heavy atom. The third kappa shape index (κ3) is 9.07. The Kier molecular flexibility index (Phi) is 11.5. The third-order valence-corrected chi connectivity index (χ3v) is 3.59. The minimum atomic E-state index is 0. The Morgan fingerprint density at radius 3 is 2.73 bits per heavy atom. The van der Waals surface area contributed by atoms with Gasteiger partial charge in [-0.3, -0.25) is 9.67 Å². The van der Waals surface area contributed by atoms with Crippen LogP contribution in [0.5, 0.6) is 5.75 Å². The van der Waals surface area contributed by atoms with Gasteiger partial charge in [0.15, 0.2) is 5.96 Å². The molecular weight excluding hydrogens is 441 g/mol. The minimum absolute atomic E-state index is 0. The van der Waals surface area contributed by atoms with Crippen LogP contribution in [0.2, 0.25) is 0 Å². The summed E-state index contributed by atoms with van der Waals surface area (Å²) in [6.07, 6.45) is 4.71. The highest BCUT2D eigenvalue weighted by Gasteiger charge is 2.04. The maximum absolute atomic E-state index is 5.69. The molecule has 7 heteroatoms. The number of nitrogens with one attached hydrogen (secondary N) is 2. The smallest absolute Gasteiger partial charge is 0.191 e. The number of para-hydroxylation sites is 1. The second kappa shape index (κ2) is 13.4. The summed E-state index contributed by atoms with van der Waals surface area (Å²) >= 11 is 0. The summed E-state index contributed by atoms with van der Waals surface area (Å²) in [5.74, 6) is 2.20. The fourth-order valence-corrected chi connectivity index (χ4v) is 2.36. The van der Waals surface area contributed by atoms with Crippen LogP contribution in [0.4, 0.5) is 0 Å². The molecule has 0 aliphatic heterocycles. The summed E-state index contributed by atoms with van der Waals surface area (Å²) in [6.45, 7) is 8.25. The van der Waals surface area contributed by atoms with E-state index in [0.717, 1.165) is 44.3 Å². The first-order valence-electron chi connectivity index (χ1n) is 8.95. The van der Waals surface area contributed by atoms with Crippen LogP contribution in [0.3, 0.4) is 0 Å². The third-order valence-electron chi connectivity index (χ3n) is 3.59. The van der Waals surface area contributed by atoms with Gasteiger partial charge in [0, 0.05) is 38.6 Å². The van der Waals surface area contributed by atoms with Gasteiger partial charge in [0.05, 0.1) is 6.61 Å². The lowest BCUT2D eigenvalue weighted by Crippen LogP contribution is -2.38. The molecule has 0 spiro atoms. The highest BCUT2D eigenvalue weighted by molar-refractivity contribution is 14.0. The molecular formula is C19H30IN5O. The maximum Gasteiger partial charge on any atom is 0.191 e. The molecule has 1 atom stereocenters. The van der Waals surface area contributed by atoms with E-state index in [1.54, 1.807) is 6.20 Å². The summed E-state index contributed by atoms with van der Waals surface area (Å²) in [6, 6.07) is 11.8. The second-order valence-corrected chi connectivity index (χ2v) is 5.99. The Labute approximate surface area is 173 Å². The van der Waals surface area contributed by atoms with Gasteiger partial charge < -0.3 is 15.4 Å². The normalized spacial score (nSPS) is 12.2. The predicted octanol–water partition coefficient (Wildman–Crippen LogP) is 3.16. The number of guanidine groups is 1. The number of hydrogen-bond donors (Lipinski definition) is 2. The maximum atomic E-state index is 5.69. The van der Waals surface area contributed by atoms with Crippen molar-refractivity contribution in [3.8, 4) is 5.75 Å². The molecule has 1 heterocycles. The zero-order valence-corrected chi connectivity index (χ0v) is 17.9. The topological polar surface area (TPSA) is 63.5 Å². The van der Waals surface area contributed by atoms with E-state index in [2.05, 4.69) is 34.6 Å². The number of benzene rings is 1. The van der Waals surface area contributed by atoms with Gasteiger partial charge in [-0.05, 0) is 37.5 Å². The van der Waals surface area contributed by atoms with Crippen molar-refractivity contribution in [3.63, 3.8) is 0 Å². The van der Waals surface area contributed by atoms with Crippen LogP contribution in [0, 0.1) is 5.92 Å². The van der Waals surface area contributed by atoms with E-state index in [9.17, 15) is 0 Å². The lowest BCUT2D eigenvalue weighted by molar-refractivity contribution is 0.311. The molecule has 6 nitrogen and oxygen atoms in total. The van der Waals surface area contributed by atoms with Gasteiger partial charge in [-0.15, -0.1) is 24.0 Å². The molecule has 144 valence electrons. The Balaban J connectivity index is 0.00000338. The summed E-state index contributed by atoms with van der Waals surface area (Å²) in [4.78, 5) is 4.66. The molecule has 0 fully saturated rings. The number of rotatable bonds is 10. The van der Waals surface area contributed by atoms with Crippen molar-refractivity contribution in [2.45, 2.75) is 26.8 Å². The molecule has 2 N–H and O–H groups in total. The van der Waals surface area contributed by atoms with Gasteiger partial charge in [-0.1, -0.05) is 25.1 Å². The lowest BCUT2D eigenvalue weighted by Gasteiger charge is -2.14. The quantitative estimate of drug-likeness (QED) is 0.242. The van der Waals surface area contributed by atoms with Crippen molar-refractivity contribution < 1.29 is 4.74 Å². The van der Waals surface area contributed by atoms with E-state index in [-0.39, 0.29) is 24.0 Å². The number of halogens is 1. The van der Waals surface area contributed by atoms with Crippen molar-refractivity contribution in [1.29, 1.82) is 0 Å². The molecule has 1 unspecified atom stereocenters. The average molecular weight is 471 g/mol. The monoisotopic (exact) mass is 471 g/mol. The number of aromatic nitrogens is 2. The fourth-order valence-electron chi connectivity index (χ4n) is 2.36. The van der Waals surface area contributed by atoms with Crippen LogP contribution >= 0.6 is 24.0 Å². The molecule has 0 amide bonds. The predicted molar refractivity (Wildman–Crippen MR) is 117 cm³/mol. The van der Waals surface area contributed by atoms with Gasteiger partial charge in [0.2, 0.25) is 0 Å². The molecule has 2 aromatic rings. The summed E-state index contributed by atoms with van der Waals surface area (Å²) < 4.78 is 7.64. The zero-order chi connectivity index (χ0) is 17.7. The van der Waals surface area contributed by atoms with Gasteiger partial charge in [0.25, 0.3) is 0 Å². The van der Waals surface area contributed by atoms with Gasteiger partial charge in [0.1, 0.15) is 5.75 Å². The molecule has 1 aromatic heterocycles. The Morgan fingerprint density at radius 2 is 2.04 bits per heavy atom. The Bertz CT molecular complexity index is 604. The molecule has 0 saturated carbocycles. The largest absolute Gasteiger partial charge is 0.494 e. The molecule has 0 radical (unpaired) electrons. The lowest BCUT2D eigenvalue weighted by atomic mass is 10.2. The minimum Gasteiger partial charge on any atom is -0.494 e. The highest BCUT2D eigenvalue weighted by atomic mass is 127. The summed E-state index contributed by atoms with van der Waals surface area (Å²) in [7, 11) is 0. The van der Waals surface area contributed by atoms with Crippen LogP contribution in [-0.2, 0) is 6.54 Å². The summed E-state index contributed by atoms with van der Waals surface area (Å²) in [5.41, 5.74) is 0. The second-order valence-electron chi connectivity index (χ2n) is 5.99. The highest BCUT2D eigenvalue weighted by Crippen LogP contribution is 2.08. The first kappa shape index (κ1) is 22.3. The number of aliphatic imine (C=N–C) groups is 1. The molecule has 1 aromatic carbocycles. The van der Waals surface area contributed by atoms with E-state index >= 15 is 0 Å². The van der Waals surface area contributed by atoms with Gasteiger partial charge >= 0.3 is 0 Å². The molecule has 0 bridgehead atoms. The van der Waals surface area contributed by atoms with Crippen LogP contribution < -0.4 is 15.4 Å². The SMILES string of the molecule is CCNC(=NCC(C)Cn1cccn1)NCCCOc1ccccc1.I. The van der Waals surface area contributed by atoms with E-state index in [4.69, 9.17) is 4.74 Å². The first-order valence-corrected chi connectivity index (χ1v) is 8.95. The van der Waals surface area contributed by atoms with E-state index in [1.807, 2.05) is 47.3 Å². The van der Waals surface area contributed by atoms with Crippen LogP contribution in [0.1, 0.15) is 20.3 Å². The van der Waals surface area contributed by atoms with Crippen molar-refractivity contribution >= 4 is 29.9 Å². The van der Waals surface area contributed by atoms with Crippen molar-refractivity contribution in [1.82, 2.24) is 20.4 Å². The van der Waals surface area contributed by atoms with Crippen LogP contribution in [0.15, 0.2) is 53.8 Å². The van der Waals surface area contributed by atoms with Crippen molar-refractivity contribution in [2.75, 3.05) is 26.2 Å². The van der Waals surface area contributed by atoms with Crippen molar-refractivity contribution in [2.24, 2.45) is 10.9 Å². The number of nitrogens with zero attached hydrogens (tertiary/aromatic N) is 3. The molecule has 0 saturated heterocycles. The number of ether oxygens (including phenoxy) is 1. The van der Waals surface area contributed by atoms with Gasteiger partial charge in [-0.2, -0.15) is 5.10 Å². The van der Waals surface area contributed by atoms with Crippen LogP contribution in [0.25, 0.3) is 0 Å². The van der Waals surface area contributed by atoms with Gasteiger partial charge in [-0.25, -0.2) is 0 Å². The number of hydrogen-bond acceptors (Lipinski definition) is 3. The standard InChI is InChI=1S/C19H29N5O.HI/c1-3-20-19(22-15-17(2)16-24-13-7-12-23-24)21-11-8-14-25-18-9-5-4-6-10-18;/h4-7,9-10,12-13,17H,3,8,11,14-16H2,1-2H3,(H2,20,21,22);1H. The molecule has 0 aliphatic carbocycles. The molecule has 0 aliphatic rings. The van der Waals surface area contributed by atoms with E-state index in [1.165, 1.54) is 0 Å². The van der Waals surface area contributed by atoms with Crippen molar-refractivity contribution in [3.05, 3.63) is 48.8 Å². The Hall–Kier alpha value is -1.77. The zero-order valence-electron chi connectivity index (χ0n) is 15.6. The van der Waals surface area contributed by atoms with E-state index in [0.29, 0.717) is 12.5 Å². The summed E-state index contributed by atoms with van der Waals surface area (Å²) in [5, 5.41) is 10.9. The van der Waals surface area contributed by atoms with Crippen LogP contribution in [-0.4, -0.2) is 42.0 Å². The molecule has 26 heavy (non-hydrogen) atoms. The van der Waals surface area contributed by atoms with E-state index < -0.39 is 0 Å².